The number of benzene rings is 1. The van der Waals surface area contributed by atoms with Gasteiger partial charge in [-0.2, -0.15) is 13.2 Å². The minimum Gasteiger partial charge on any atom is -0.371 e. The lowest BCUT2D eigenvalue weighted by Gasteiger charge is -2.28. The highest BCUT2D eigenvalue weighted by Gasteiger charge is 2.32. The first-order chi connectivity index (χ1) is 9.82. The van der Waals surface area contributed by atoms with Gasteiger partial charge in [0, 0.05) is 24.8 Å². The first-order valence-electron chi connectivity index (χ1n) is 7.54. The van der Waals surface area contributed by atoms with Crippen LogP contribution < -0.4 is 10.6 Å². The highest BCUT2D eigenvalue weighted by atomic mass is 19.4. The van der Waals surface area contributed by atoms with Crippen LogP contribution in [0, 0.1) is 5.92 Å². The van der Waals surface area contributed by atoms with E-state index in [-0.39, 0.29) is 0 Å². The Morgan fingerprint density at radius 3 is 2.48 bits per heavy atom. The topological polar surface area (TPSA) is 29.3 Å². The van der Waals surface area contributed by atoms with E-state index < -0.39 is 17.8 Å². The molecule has 1 unspecified atom stereocenters. The van der Waals surface area contributed by atoms with Crippen molar-refractivity contribution in [2.24, 2.45) is 11.7 Å². The predicted octanol–water partition coefficient (Wildman–Crippen LogP) is 4.35. The largest absolute Gasteiger partial charge is 0.416 e. The summed E-state index contributed by atoms with van der Waals surface area (Å²) in [5.74, 6) is 0.680. The Labute approximate surface area is 124 Å². The average Bonchev–Trinajstić information content (AvgIpc) is 3.20. The first kappa shape index (κ1) is 16.1. The standard InChI is InChI=1S/C16H23F3N2/c1-3-8-21(10-12-4-5-12)15-7-6-13(16(17,18)19)9-14(15)11(2)20/h6-7,9,11-12H,3-5,8,10,20H2,1-2H3. The van der Waals surface area contributed by atoms with Crippen molar-refractivity contribution in [2.75, 3.05) is 18.0 Å². The van der Waals surface area contributed by atoms with Crippen LogP contribution in [-0.2, 0) is 6.18 Å². The van der Waals surface area contributed by atoms with E-state index in [2.05, 4.69) is 11.8 Å². The number of hydrogen-bond acceptors (Lipinski definition) is 2. The van der Waals surface area contributed by atoms with Crippen LogP contribution >= 0.6 is 0 Å². The number of anilines is 1. The maximum Gasteiger partial charge on any atom is 0.416 e. The van der Waals surface area contributed by atoms with E-state index in [1.807, 2.05) is 0 Å². The van der Waals surface area contributed by atoms with Crippen molar-refractivity contribution in [3.8, 4) is 0 Å². The maximum absolute atomic E-state index is 12.9. The first-order valence-corrected chi connectivity index (χ1v) is 7.54. The fraction of sp³-hybridized carbons (Fsp3) is 0.625. The molecule has 0 aliphatic heterocycles. The molecule has 0 radical (unpaired) electrons. The smallest absolute Gasteiger partial charge is 0.371 e. The van der Waals surface area contributed by atoms with Crippen molar-refractivity contribution in [1.82, 2.24) is 0 Å². The zero-order valence-electron chi connectivity index (χ0n) is 12.6. The summed E-state index contributed by atoms with van der Waals surface area (Å²) in [6.07, 6.45) is -0.927. The third kappa shape index (κ3) is 4.13. The lowest BCUT2D eigenvalue weighted by molar-refractivity contribution is -0.137. The van der Waals surface area contributed by atoms with Crippen LogP contribution in [0.3, 0.4) is 0 Å². The number of hydrogen-bond donors (Lipinski definition) is 1. The molecule has 0 aromatic heterocycles. The molecule has 1 saturated carbocycles. The molecule has 1 aliphatic carbocycles. The van der Waals surface area contributed by atoms with E-state index in [1.165, 1.54) is 18.9 Å². The number of alkyl halides is 3. The van der Waals surface area contributed by atoms with Gasteiger partial charge in [-0.15, -0.1) is 0 Å². The number of rotatable bonds is 6. The summed E-state index contributed by atoms with van der Waals surface area (Å²) in [6.45, 7) is 5.58. The molecule has 1 fully saturated rings. The van der Waals surface area contributed by atoms with Gasteiger partial charge in [0.15, 0.2) is 0 Å². The van der Waals surface area contributed by atoms with Crippen LogP contribution in [-0.4, -0.2) is 13.1 Å². The van der Waals surface area contributed by atoms with Crippen molar-refractivity contribution < 1.29 is 13.2 Å². The molecular formula is C16H23F3N2. The van der Waals surface area contributed by atoms with Crippen molar-refractivity contribution >= 4 is 5.69 Å². The SMILES string of the molecule is CCCN(CC1CC1)c1ccc(C(F)(F)F)cc1C(C)N. The molecule has 21 heavy (non-hydrogen) atoms. The zero-order valence-corrected chi connectivity index (χ0v) is 12.6. The minimum absolute atomic E-state index is 0.416. The van der Waals surface area contributed by atoms with Gasteiger partial charge < -0.3 is 10.6 Å². The summed E-state index contributed by atoms with van der Waals surface area (Å²) in [5, 5.41) is 0. The van der Waals surface area contributed by atoms with Crippen molar-refractivity contribution in [2.45, 2.75) is 45.3 Å². The van der Waals surface area contributed by atoms with Crippen LogP contribution in [0.25, 0.3) is 0 Å². The van der Waals surface area contributed by atoms with E-state index >= 15 is 0 Å². The molecule has 0 bridgehead atoms. The molecule has 0 amide bonds. The highest BCUT2D eigenvalue weighted by Crippen LogP contribution is 2.37. The summed E-state index contributed by atoms with van der Waals surface area (Å²) >= 11 is 0. The second-order valence-electron chi connectivity index (χ2n) is 5.95. The normalized spacial score (nSPS) is 16.9. The van der Waals surface area contributed by atoms with Gasteiger partial charge in [0.05, 0.1) is 5.56 Å². The molecule has 1 aromatic carbocycles. The fourth-order valence-electron chi connectivity index (χ4n) is 2.58. The molecule has 1 aliphatic rings. The number of nitrogens with zero attached hydrogens (tertiary/aromatic N) is 1. The molecule has 0 saturated heterocycles. The molecule has 0 spiro atoms. The fourth-order valence-corrected chi connectivity index (χ4v) is 2.58. The van der Waals surface area contributed by atoms with E-state index in [9.17, 15) is 13.2 Å². The van der Waals surface area contributed by atoms with Gasteiger partial charge in [-0.3, -0.25) is 0 Å². The maximum atomic E-state index is 12.9. The summed E-state index contributed by atoms with van der Waals surface area (Å²) in [5.41, 5.74) is 6.73. The summed E-state index contributed by atoms with van der Waals surface area (Å²) in [7, 11) is 0. The van der Waals surface area contributed by atoms with Crippen LogP contribution in [0.4, 0.5) is 18.9 Å². The highest BCUT2D eigenvalue weighted by molar-refractivity contribution is 5.57. The van der Waals surface area contributed by atoms with E-state index in [4.69, 9.17) is 5.73 Å². The minimum atomic E-state index is -4.33. The van der Waals surface area contributed by atoms with Gasteiger partial charge in [0.25, 0.3) is 0 Å². The predicted molar refractivity (Wildman–Crippen MR) is 79.3 cm³/mol. The second-order valence-corrected chi connectivity index (χ2v) is 5.95. The molecule has 1 aromatic rings. The molecule has 118 valence electrons. The average molecular weight is 300 g/mol. The second kappa shape index (κ2) is 6.26. The molecule has 5 heteroatoms. The van der Waals surface area contributed by atoms with Crippen molar-refractivity contribution in [1.29, 1.82) is 0 Å². The summed E-state index contributed by atoms with van der Waals surface area (Å²) in [6, 6.07) is 3.53. The lowest BCUT2D eigenvalue weighted by Crippen LogP contribution is -2.28. The van der Waals surface area contributed by atoms with E-state index in [0.717, 1.165) is 31.3 Å². The Hall–Kier alpha value is -1.23. The third-order valence-corrected chi connectivity index (χ3v) is 3.86. The van der Waals surface area contributed by atoms with Crippen LogP contribution in [0.2, 0.25) is 0 Å². The van der Waals surface area contributed by atoms with Gasteiger partial charge in [0.2, 0.25) is 0 Å². The molecule has 2 N–H and O–H groups in total. The zero-order chi connectivity index (χ0) is 15.6. The molecule has 0 heterocycles. The monoisotopic (exact) mass is 300 g/mol. The quantitative estimate of drug-likeness (QED) is 0.846. The lowest BCUT2D eigenvalue weighted by atomic mass is 10.0. The summed E-state index contributed by atoms with van der Waals surface area (Å²) < 4.78 is 38.6. The summed E-state index contributed by atoms with van der Waals surface area (Å²) in [4.78, 5) is 2.19. The van der Waals surface area contributed by atoms with Gasteiger partial charge in [-0.1, -0.05) is 6.92 Å². The Bertz CT molecular complexity index is 479. The van der Waals surface area contributed by atoms with E-state index in [1.54, 1.807) is 13.0 Å². The van der Waals surface area contributed by atoms with Gasteiger partial charge >= 0.3 is 6.18 Å². The van der Waals surface area contributed by atoms with Crippen molar-refractivity contribution in [3.63, 3.8) is 0 Å². The van der Waals surface area contributed by atoms with Gasteiger partial charge in [-0.25, -0.2) is 0 Å². The molecule has 2 nitrogen and oxygen atoms in total. The van der Waals surface area contributed by atoms with Gasteiger partial charge in [-0.05, 0) is 55.9 Å². The van der Waals surface area contributed by atoms with E-state index in [0.29, 0.717) is 11.5 Å². The molecule has 1 atom stereocenters. The van der Waals surface area contributed by atoms with Crippen LogP contribution in [0.1, 0.15) is 50.3 Å². The Kier molecular flexibility index (Phi) is 4.81. The third-order valence-electron chi connectivity index (χ3n) is 3.86. The van der Waals surface area contributed by atoms with Crippen LogP contribution in [0.5, 0.6) is 0 Å². The Morgan fingerprint density at radius 1 is 1.33 bits per heavy atom. The Balaban J connectivity index is 2.35. The number of nitrogens with two attached hydrogens (primary N) is 1. The van der Waals surface area contributed by atoms with Crippen molar-refractivity contribution in [3.05, 3.63) is 29.3 Å². The molecule has 2 rings (SSSR count). The van der Waals surface area contributed by atoms with Gasteiger partial charge in [0.1, 0.15) is 0 Å². The molecular weight excluding hydrogens is 277 g/mol. The Morgan fingerprint density at radius 2 is 2.00 bits per heavy atom. The van der Waals surface area contributed by atoms with Crippen LogP contribution in [0.15, 0.2) is 18.2 Å². The number of halogens is 3.